The summed E-state index contributed by atoms with van der Waals surface area (Å²) in [5.74, 6) is -3.79. The molecular formula is C52H61F2N10O13P. The lowest BCUT2D eigenvalue weighted by molar-refractivity contribution is -0.137. The normalized spacial score (nSPS) is 17.9. The first-order chi connectivity index (χ1) is 37.4. The summed E-state index contributed by atoms with van der Waals surface area (Å²) in [4.78, 5) is 115. The molecule has 4 aliphatic rings. The number of carbonyl (C=O) groups is 8. The van der Waals surface area contributed by atoms with Crippen LogP contribution in [0.2, 0.25) is 0 Å². The maximum absolute atomic E-state index is 15.0. The van der Waals surface area contributed by atoms with Gasteiger partial charge in [0.05, 0.1) is 88.7 Å². The maximum atomic E-state index is 15.0. The molecular weight excluding hydrogens is 1040 g/mol. The maximum Gasteiger partial charge on any atom is 0.256 e. The molecule has 416 valence electrons. The number of ether oxygens (including phenoxy) is 4. The Bertz CT molecular complexity index is 2890. The van der Waals surface area contributed by atoms with E-state index in [0.717, 1.165) is 17.1 Å². The molecule has 4 aliphatic heterocycles. The second-order valence-corrected chi connectivity index (χ2v) is 21.5. The number of aliphatic imine (C=N–C) groups is 2. The lowest BCUT2D eigenvalue weighted by atomic mass is 10.1. The van der Waals surface area contributed by atoms with Gasteiger partial charge < -0.3 is 54.6 Å². The van der Waals surface area contributed by atoms with Gasteiger partial charge >= 0.3 is 0 Å². The summed E-state index contributed by atoms with van der Waals surface area (Å²) in [5.41, 5.74) is 1.52. The number of benzene rings is 3. The number of imide groups is 1. The third kappa shape index (κ3) is 15.3. The molecule has 1 unspecified atom stereocenters. The molecule has 0 radical (unpaired) electrons. The van der Waals surface area contributed by atoms with Crippen LogP contribution in [0.4, 0.5) is 20.2 Å². The fourth-order valence-corrected chi connectivity index (χ4v) is 10.5. The van der Waals surface area contributed by atoms with Gasteiger partial charge in [0.25, 0.3) is 23.6 Å². The van der Waals surface area contributed by atoms with E-state index in [0.29, 0.717) is 5.56 Å². The Morgan fingerprint density at radius 2 is 1.40 bits per heavy atom. The van der Waals surface area contributed by atoms with E-state index in [2.05, 4.69) is 36.3 Å². The first-order valence-corrected chi connectivity index (χ1v) is 27.2. The summed E-state index contributed by atoms with van der Waals surface area (Å²) < 4.78 is 66.5. The summed E-state index contributed by atoms with van der Waals surface area (Å²) in [5, 5.41) is 13.2. The first-order valence-electron chi connectivity index (χ1n) is 25.1. The SMILES string of the molecule is COc1cc2c(cc1OCCP(=O)(CCOc1cc3c(cc1OC)C(=O)N1C[C@H](F)C[C@H]1C=N3)NCC(=O)N[C@@H](Cc1ccccc1)C(=O)NCC(=O)NCCNC(=O)CCN1C(=O)C=CC1=O)N=CCN(C[C@@H](C)F)C2=O. The third-order valence-electron chi connectivity index (χ3n) is 12.8. The molecule has 4 heterocycles. The molecule has 3 aromatic rings. The zero-order valence-corrected chi connectivity index (χ0v) is 44.1. The number of hydrogen-bond acceptors (Lipinski definition) is 15. The zero-order valence-electron chi connectivity index (χ0n) is 43.2. The van der Waals surface area contributed by atoms with Crippen LogP contribution in [0.15, 0.2) is 76.7 Å². The van der Waals surface area contributed by atoms with Gasteiger partial charge in [-0.15, -0.1) is 0 Å². The van der Waals surface area contributed by atoms with E-state index in [1.54, 1.807) is 30.3 Å². The van der Waals surface area contributed by atoms with Crippen molar-refractivity contribution in [2.75, 3.05) is 92.1 Å². The Balaban J connectivity index is 1.00. The molecule has 23 nitrogen and oxygen atoms in total. The van der Waals surface area contributed by atoms with Crippen molar-refractivity contribution in [1.82, 2.24) is 41.1 Å². The van der Waals surface area contributed by atoms with Crippen molar-refractivity contribution in [2.24, 2.45) is 9.98 Å². The van der Waals surface area contributed by atoms with Crippen molar-refractivity contribution in [1.29, 1.82) is 0 Å². The largest absolute Gasteiger partial charge is 0.493 e. The minimum atomic E-state index is -3.71. The lowest BCUT2D eigenvalue weighted by Gasteiger charge is -2.23. The van der Waals surface area contributed by atoms with Crippen LogP contribution in [-0.4, -0.2) is 191 Å². The lowest BCUT2D eigenvalue weighted by Crippen LogP contribution is -2.51. The van der Waals surface area contributed by atoms with E-state index >= 15 is 0 Å². The van der Waals surface area contributed by atoms with E-state index < -0.39 is 92.1 Å². The molecule has 5 atom stereocenters. The first kappa shape index (κ1) is 57.7. The van der Waals surface area contributed by atoms with Crippen LogP contribution in [-0.2, 0) is 39.8 Å². The summed E-state index contributed by atoms with van der Waals surface area (Å²) in [6.45, 7) is -0.399. The highest BCUT2D eigenvalue weighted by Gasteiger charge is 2.38. The number of carbonyl (C=O) groups excluding carboxylic acids is 8. The van der Waals surface area contributed by atoms with Crippen molar-refractivity contribution in [3.8, 4) is 23.0 Å². The standard InChI is InChI=1S/C52H61F2N10O13P/c1-32(53)30-62-16-14-55-38-25-43(41(74-2)23-36(38)51(62)71)76-17-19-78(73,20-18-77-44-26-39-37(24-42(44)75-3)52(72)64-31-34(54)22-35(64)27-58-39)60-29-47(67)61-40(21-33-7-5-4-6-8-33)50(70)59-28-46(66)57-13-12-56-45(65)11-15-63-48(68)9-10-49(63)69/h4-10,14,23-27,32,34-35,40H,11-13,15-22,28-31H2,1-3H3,(H,56,65)(H,57,66)(H,59,70)(H,60,73)(H,61,67)/t32-,34-,35+,40+,78?/m1/s1. The van der Waals surface area contributed by atoms with E-state index in [4.69, 9.17) is 18.9 Å². The average molecular weight is 1100 g/mol. The topological polar surface area (TPSA) is 285 Å². The molecule has 26 heteroatoms. The molecule has 1 fully saturated rings. The monoisotopic (exact) mass is 1100 g/mol. The predicted octanol–water partition coefficient (Wildman–Crippen LogP) is 2.21. The van der Waals surface area contributed by atoms with Crippen LogP contribution in [0.1, 0.15) is 46.0 Å². The van der Waals surface area contributed by atoms with Gasteiger partial charge in [0.2, 0.25) is 23.6 Å². The van der Waals surface area contributed by atoms with E-state index in [9.17, 15) is 51.7 Å². The fraction of sp³-hybridized carbons (Fsp3) is 0.423. The number of alkyl halides is 2. The van der Waals surface area contributed by atoms with Gasteiger partial charge in [-0.2, -0.15) is 0 Å². The van der Waals surface area contributed by atoms with Gasteiger partial charge in [-0.25, -0.2) is 8.78 Å². The molecule has 5 N–H and O–H groups in total. The summed E-state index contributed by atoms with van der Waals surface area (Å²) in [7, 11) is -0.979. The van der Waals surface area contributed by atoms with E-state index in [1.165, 1.54) is 67.6 Å². The molecule has 3 aromatic carbocycles. The molecule has 0 aromatic heterocycles. The molecule has 0 saturated carbocycles. The smallest absolute Gasteiger partial charge is 0.256 e. The van der Waals surface area contributed by atoms with Crippen LogP contribution < -0.4 is 45.3 Å². The Morgan fingerprint density at radius 3 is 2.03 bits per heavy atom. The Hall–Kier alpha value is -8.05. The summed E-state index contributed by atoms with van der Waals surface area (Å²) >= 11 is 0. The van der Waals surface area contributed by atoms with Crippen molar-refractivity contribution in [2.45, 2.75) is 50.6 Å². The second-order valence-electron chi connectivity index (χ2n) is 18.5. The van der Waals surface area contributed by atoms with Crippen LogP contribution >= 0.6 is 7.29 Å². The second kappa shape index (κ2) is 26.8. The number of rotatable bonds is 27. The van der Waals surface area contributed by atoms with Gasteiger partial charge in [0.15, 0.2) is 30.3 Å². The van der Waals surface area contributed by atoms with Crippen LogP contribution in [0.3, 0.4) is 0 Å². The minimum absolute atomic E-state index is 0.00842. The van der Waals surface area contributed by atoms with Crippen LogP contribution in [0, 0.1) is 0 Å². The Morgan fingerprint density at radius 1 is 0.782 bits per heavy atom. The van der Waals surface area contributed by atoms with Crippen LogP contribution in [0.5, 0.6) is 23.0 Å². The number of fused-ring (bicyclic) bond motifs is 3. The highest BCUT2D eigenvalue weighted by atomic mass is 31.2. The number of nitrogens with zero attached hydrogens (tertiary/aromatic N) is 5. The van der Waals surface area contributed by atoms with E-state index in [1.807, 2.05) is 0 Å². The Kier molecular flexibility index (Phi) is 19.8. The minimum Gasteiger partial charge on any atom is -0.493 e. The molecule has 78 heavy (non-hydrogen) atoms. The number of methoxy groups -OCH3 is 2. The highest BCUT2D eigenvalue weighted by molar-refractivity contribution is 7.62. The van der Waals surface area contributed by atoms with Gasteiger partial charge in [0, 0.05) is 87.9 Å². The van der Waals surface area contributed by atoms with Crippen molar-refractivity contribution in [3.63, 3.8) is 0 Å². The van der Waals surface area contributed by atoms with E-state index in [-0.39, 0.29) is 130 Å². The van der Waals surface area contributed by atoms with Gasteiger partial charge in [-0.3, -0.25) is 58.3 Å². The average Bonchev–Trinajstić information content (AvgIpc) is 3.91. The summed E-state index contributed by atoms with van der Waals surface area (Å²) in [6.07, 6.45) is 2.34. The van der Waals surface area contributed by atoms with Crippen LogP contribution in [0.25, 0.3) is 0 Å². The highest BCUT2D eigenvalue weighted by Crippen LogP contribution is 2.43. The number of amides is 8. The van der Waals surface area contributed by atoms with Crippen molar-refractivity contribution >= 4 is 78.4 Å². The molecule has 0 spiro atoms. The molecule has 0 bridgehead atoms. The number of nitrogens with one attached hydrogen (secondary N) is 5. The Labute approximate surface area is 447 Å². The molecule has 1 saturated heterocycles. The number of hydrogen-bond donors (Lipinski definition) is 5. The predicted molar refractivity (Wildman–Crippen MR) is 281 cm³/mol. The fourth-order valence-electron chi connectivity index (χ4n) is 8.77. The third-order valence-corrected chi connectivity index (χ3v) is 15.3. The van der Waals surface area contributed by atoms with Gasteiger partial charge in [0.1, 0.15) is 18.4 Å². The van der Waals surface area contributed by atoms with Gasteiger partial charge in [-0.05, 0) is 24.6 Å². The van der Waals surface area contributed by atoms with Crippen molar-refractivity contribution < 1.29 is 70.6 Å². The quantitative estimate of drug-likeness (QED) is 0.0416. The molecule has 7 rings (SSSR count). The zero-order chi connectivity index (χ0) is 55.9. The molecule has 0 aliphatic carbocycles. The summed E-state index contributed by atoms with van der Waals surface area (Å²) in [6, 6.07) is 12.9. The van der Waals surface area contributed by atoms with Gasteiger partial charge in [-0.1, -0.05) is 30.3 Å². The van der Waals surface area contributed by atoms with Crippen molar-refractivity contribution in [3.05, 3.63) is 83.4 Å². The molecule has 8 amide bonds. The number of halogens is 2.